The summed E-state index contributed by atoms with van der Waals surface area (Å²) < 4.78 is 12.4. The molecule has 0 unspecified atom stereocenters. The van der Waals surface area contributed by atoms with Gasteiger partial charge in [0.05, 0.1) is 27.8 Å². The van der Waals surface area contributed by atoms with E-state index in [0.717, 1.165) is 20.8 Å². The number of pyridine rings is 1. The Morgan fingerprint density at radius 2 is 1.86 bits per heavy atom. The average Bonchev–Trinajstić information content (AvgIpc) is 3.15. The van der Waals surface area contributed by atoms with Crippen LogP contribution in [-0.4, -0.2) is 15.9 Å². The first kappa shape index (κ1) is 18.1. The Kier molecular flexibility index (Phi) is 5.58. The van der Waals surface area contributed by atoms with Crippen molar-refractivity contribution in [1.29, 1.82) is 0 Å². The molecule has 0 saturated carbocycles. The van der Waals surface area contributed by atoms with Gasteiger partial charge in [0.25, 0.3) is 0 Å². The van der Waals surface area contributed by atoms with E-state index in [4.69, 9.17) is 9.47 Å². The second-order valence-electron chi connectivity index (χ2n) is 6.13. The highest BCUT2D eigenvalue weighted by Crippen LogP contribution is 2.26. The molecular weight excluding hydrogens is 372 g/mol. The van der Waals surface area contributed by atoms with E-state index in [-0.39, 0.29) is 12.6 Å². The minimum Gasteiger partial charge on any atom is -0.461 e. The average molecular weight is 390 g/mol. The topological polar surface area (TPSA) is 61.3 Å². The van der Waals surface area contributed by atoms with Crippen LogP contribution < -0.4 is 4.74 Å². The summed E-state index contributed by atoms with van der Waals surface area (Å²) in [5.74, 6) is 1.03. The van der Waals surface area contributed by atoms with Gasteiger partial charge < -0.3 is 9.47 Å². The molecule has 0 N–H and O–H groups in total. The van der Waals surface area contributed by atoms with Gasteiger partial charge in [0, 0.05) is 18.2 Å². The molecule has 2 aromatic heterocycles. The predicted molar refractivity (Wildman–Crippen MR) is 108 cm³/mol. The lowest BCUT2D eigenvalue weighted by atomic mass is 10.2. The summed E-state index contributed by atoms with van der Waals surface area (Å²) in [5.41, 5.74) is 1.78. The zero-order valence-electron chi connectivity index (χ0n) is 15.1. The lowest BCUT2D eigenvalue weighted by Crippen LogP contribution is -2.06. The molecule has 4 rings (SSSR count). The molecule has 0 atom stereocenters. The van der Waals surface area contributed by atoms with Crippen LogP contribution in [0, 0.1) is 0 Å². The number of fused-ring (bicyclic) bond motifs is 1. The first-order valence-electron chi connectivity index (χ1n) is 8.94. The van der Waals surface area contributed by atoms with E-state index >= 15 is 0 Å². The number of carbonyl (C=O) groups is 1. The minimum absolute atomic E-state index is 0.162. The second kappa shape index (κ2) is 8.63. The van der Waals surface area contributed by atoms with Crippen LogP contribution in [0.1, 0.15) is 17.0 Å². The van der Waals surface area contributed by atoms with Crippen LogP contribution in [0.3, 0.4) is 0 Å². The zero-order valence-corrected chi connectivity index (χ0v) is 15.9. The maximum absolute atomic E-state index is 12.2. The third kappa shape index (κ3) is 4.53. The fourth-order valence-corrected chi connectivity index (χ4v) is 3.69. The molecule has 0 amide bonds. The van der Waals surface area contributed by atoms with Crippen LogP contribution >= 0.6 is 11.3 Å². The van der Waals surface area contributed by atoms with Gasteiger partial charge in [-0.1, -0.05) is 30.3 Å². The lowest BCUT2D eigenvalue weighted by molar-refractivity contribution is -0.144. The molecule has 0 saturated heterocycles. The Hall–Kier alpha value is -3.25. The Morgan fingerprint density at radius 3 is 2.71 bits per heavy atom. The van der Waals surface area contributed by atoms with E-state index in [1.54, 1.807) is 29.8 Å². The van der Waals surface area contributed by atoms with Crippen molar-refractivity contribution in [3.8, 4) is 11.5 Å². The molecule has 2 heterocycles. The zero-order chi connectivity index (χ0) is 19.2. The molecule has 0 aliphatic carbocycles. The molecule has 0 aliphatic heterocycles. The number of benzene rings is 2. The highest BCUT2D eigenvalue weighted by molar-refractivity contribution is 7.18. The standard InChI is InChI=1S/C22H18N2O3S/c25-22(12-11-21-24-18-8-2-4-10-20(18)28-21)26-15-16-6-1-3-9-19(16)27-17-7-5-13-23-14-17/h1-10,13-14H,11-12,15H2. The number of nitrogens with zero attached hydrogens (tertiary/aromatic N) is 2. The van der Waals surface area contributed by atoms with Crippen molar-refractivity contribution in [3.63, 3.8) is 0 Å². The van der Waals surface area contributed by atoms with E-state index in [1.807, 2.05) is 54.6 Å². The van der Waals surface area contributed by atoms with Gasteiger partial charge in [0.15, 0.2) is 0 Å². The highest BCUT2D eigenvalue weighted by atomic mass is 32.1. The summed E-state index contributed by atoms with van der Waals surface area (Å²) in [6.45, 7) is 0.162. The van der Waals surface area contributed by atoms with E-state index in [0.29, 0.717) is 24.3 Å². The molecule has 140 valence electrons. The van der Waals surface area contributed by atoms with Gasteiger partial charge in [-0.15, -0.1) is 11.3 Å². The Labute approximate surface area is 166 Å². The lowest BCUT2D eigenvalue weighted by Gasteiger charge is -2.11. The number of carbonyl (C=O) groups excluding carboxylic acids is 1. The summed E-state index contributed by atoms with van der Waals surface area (Å²) in [5, 5.41) is 0.943. The largest absolute Gasteiger partial charge is 0.461 e. The van der Waals surface area contributed by atoms with Gasteiger partial charge in [0.1, 0.15) is 18.1 Å². The fourth-order valence-electron chi connectivity index (χ4n) is 2.72. The molecule has 0 radical (unpaired) electrons. The van der Waals surface area contributed by atoms with Crippen molar-refractivity contribution < 1.29 is 14.3 Å². The normalized spacial score (nSPS) is 10.7. The summed E-state index contributed by atoms with van der Waals surface area (Å²) in [4.78, 5) is 20.8. The van der Waals surface area contributed by atoms with Gasteiger partial charge in [-0.3, -0.25) is 9.78 Å². The molecule has 28 heavy (non-hydrogen) atoms. The smallest absolute Gasteiger partial charge is 0.306 e. The Balaban J connectivity index is 1.33. The number of rotatable bonds is 7. The van der Waals surface area contributed by atoms with Crippen LogP contribution in [0.2, 0.25) is 0 Å². The van der Waals surface area contributed by atoms with Crippen molar-refractivity contribution in [2.45, 2.75) is 19.4 Å². The van der Waals surface area contributed by atoms with Gasteiger partial charge in [-0.25, -0.2) is 4.98 Å². The summed E-state index contributed by atoms with van der Waals surface area (Å²) >= 11 is 1.61. The van der Waals surface area contributed by atoms with E-state index in [9.17, 15) is 4.79 Å². The quantitative estimate of drug-likeness (QED) is 0.408. The number of hydrogen-bond acceptors (Lipinski definition) is 6. The number of aromatic nitrogens is 2. The number of esters is 1. The molecule has 2 aromatic carbocycles. The Morgan fingerprint density at radius 1 is 1.00 bits per heavy atom. The number of ether oxygens (including phenoxy) is 2. The highest BCUT2D eigenvalue weighted by Gasteiger charge is 2.10. The van der Waals surface area contributed by atoms with Gasteiger partial charge in [0.2, 0.25) is 0 Å². The fraction of sp³-hybridized carbons (Fsp3) is 0.136. The van der Waals surface area contributed by atoms with Gasteiger partial charge in [-0.2, -0.15) is 0 Å². The van der Waals surface area contributed by atoms with Crippen LogP contribution in [0.25, 0.3) is 10.2 Å². The first-order valence-corrected chi connectivity index (χ1v) is 9.75. The van der Waals surface area contributed by atoms with E-state index in [2.05, 4.69) is 9.97 Å². The molecule has 4 aromatic rings. The van der Waals surface area contributed by atoms with Crippen molar-refractivity contribution in [1.82, 2.24) is 9.97 Å². The van der Waals surface area contributed by atoms with Crippen LogP contribution in [-0.2, 0) is 22.6 Å². The van der Waals surface area contributed by atoms with Crippen LogP contribution in [0.15, 0.2) is 73.1 Å². The van der Waals surface area contributed by atoms with Crippen molar-refractivity contribution in [3.05, 3.63) is 83.6 Å². The first-order chi connectivity index (χ1) is 13.8. The van der Waals surface area contributed by atoms with Gasteiger partial charge >= 0.3 is 5.97 Å². The SMILES string of the molecule is O=C(CCc1nc2ccccc2s1)OCc1ccccc1Oc1cccnc1. The number of thiazole rings is 1. The third-order valence-corrected chi connectivity index (χ3v) is 5.20. The maximum Gasteiger partial charge on any atom is 0.306 e. The van der Waals surface area contributed by atoms with E-state index in [1.165, 1.54) is 0 Å². The van der Waals surface area contributed by atoms with Crippen molar-refractivity contribution in [2.24, 2.45) is 0 Å². The maximum atomic E-state index is 12.2. The van der Waals surface area contributed by atoms with Crippen LogP contribution in [0.4, 0.5) is 0 Å². The molecule has 0 spiro atoms. The summed E-state index contributed by atoms with van der Waals surface area (Å²) in [6, 6.07) is 19.1. The molecular formula is C22H18N2O3S. The molecule has 0 fully saturated rings. The van der Waals surface area contributed by atoms with Gasteiger partial charge in [-0.05, 0) is 30.3 Å². The number of para-hydroxylation sites is 2. The summed E-state index contributed by atoms with van der Waals surface area (Å²) in [7, 11) is 0. The van der Waals surface area contributed by atoms with Crippen LogP contribution in [0.5, 0.6) is 11.5 Å². The minimum atomic E-state index is -0.254. The third-order valence-electron chi connectivity index (χ3n) is 4.10. The molecule has 0 aliphatic rings. The predicted octanol–water partition coefficient (Wildman–Crippen LogP) is 5.16. The second-order valence-corrected chi connectivity index (χ2v) is 7.25. The van der Waals surface area contributed by atoms with Crippen molar-refractivity contribution >= 4 is 27.5 Å². The molecule has 6 heteroatoms. The number of aryl methyl sites for hydroxylation is 1. The Bertz CT molecular complexity index is 1050. The summed E-state index contributed by atoms with van der Waals surface area (Å²) in [6.07, 6.45) is 4.20. The molecule has 0 bridgehead atoms. The molecule has 5 nitrogen and oxygen atoms in total. The monoisotopic (exact) mass is 390 g/mol. The number of hydrogen-bond donors (Lipinski definition) is 0. The van der Waals surface area contributed by atoms with Crippen molar-refractivity contribution in [2.75, 3.05) is 0 Å². The van der Waals surface area contributed by atoms with E-state index < -0.39 is 0 Å².